The molecule has 0 spiro atoms. The zero-order chi connectivity index (χ0) is 13.2. The molecule has 1 N–H and O–H groups in total. The number of nitrogens with zero attached hydrogens (tertiary/aromatic N) is 2. The van der Waals surface area contributed by atoms with Gasteiger partial charge in [0.05, 0.1) is 11.5 Å². The van der Waals surface area contributed by atoms with E-state index in [1.165, 1.54) is 6.33 Å². The van der Waals surface area contributed by atoms with E-state index in [2.05, 4.69) is 15.3 Å². The van der Waals surface area contributed by atoms with Crippen LogP contribution in [0.3, 0.4) is 0 Å². The summed E-state index contributed by atoms with van der Waals surface area (Å²) < 4.78 is 22.7. The van der Waals surface area contributed by atoms with Gasteiger partial charge in [-0.1, -0.05) is 18.5 Å². The van der Waals surface area contributed by atoms with E-state index in [9.17, 15) is 8.42 Å². The smallest absolute Gasteiger partial charge is 0.150 e. The van der Waals surface area contributed by atoms with Gasteiger partial charge in [-0.2, -0.15) is 0 Å². The van der Waals surface area contributed by atoms with Crippen LogP contribution in [0.4, 0.5) is 5.82 Å². The standard InChI is InChI=1S/C11H16ClN3O2S/c1-2-9-10(12)14-7-15-11(9)13-5-8-3-4-18(16,17)6-8/h7-8H,2-6H2,1H3,(H,13,14,15). The summed E-state index contributed by atoms with van der Waals surface area (Å²) in [5.41, 5.74) is 0.875. The fourth-order valence-electron chi connectivity index (χ4n) is 2.13. The van der Waals surface area contributed by atoms with Gasteiger partial charge in [0.1, 0.15) is 17.3 Å². The first kappa shape index (κ1) is 13.5. The van der Waals surface area contributed by atoms with Crippen LogP contribution >= 0.6 is 11.6 Å². The van der Waals surface area contributed by atoms with Crippen molar-refractivity contribution in [2.24, 2.45) is 5.92 Å². The molecule has 1 aliphatic heterocycles. The lowest BCUT2D eigenvalue weighted by Crippen LogP contribution is -2.17. The second-order valence-electron chi connectivity index (χ2n) is 4.50. The molecule has 7 heteroatoms. The number of halogens is 1. The Morgan fingerprint density at radius 1 is 1.50 bits per heavy atom. The Kier molecular flexibility index (Phi) is 4.07. The van der Waals surface area contributed by atoms with Gasteiger partial charge in [0.15, 0.2) is 9.84 Å². The average Bonchev–Trinajstić information content (AvgIpc) is 2.66. The van der Waals surface area contributed by atoms with E-state index in [0.29, 0.717) is 23.3 Å². The van der Waals surface area contributed by atoms with Gasteiger partial charge in [-0.25, -0.2) is 18.4 Å². The number of hydrogen-bond acceptors (Lipinski definition) is 5. The van der Waals surface area contributed by atoms with Gasteiger partial charge in [0.25, 0.3) is 0 Å². The first-order valence-corrected chi connectivity index (χ1v) is 8.15. The van der Waals surface area contributed by atoms with Crippen LogP contribution in [-0.2, 0) is 16.3 Å². The highest BCUT2D eigenvalue weighted by Crippen LogP contribution is 2.22. The lowest BCUT2D eigenvalue weighted by molar-refractivity contribution is 0.595. The quantitative estimate of drug-likeness (QED) is 0.851. The molecule has 0 aliphatic carbocycles. The van der Waals surface area contributed by atoms with Crippen molar-refractivity contribution in [1.29, 1.82) is 0 Å². The highest BCUT2D eigenvalue weighted by molar-refractivity contribution is 7.91. The Morgan fingerprint density at radius 2 is 2.28 bits per heavy atom. The Morgan fingerprint density at radius 3 is 2.89 bits per heavy atom. The number of sulfone groups is 1. The minimum atomic E-state index is -2.82. The van der Waals surface area contributed by atoms with E-state index in [1.54, 1.807) is 0 Å². The summed E-state index contributed by atoms with van der Waals surface area (Å²) in [6, 6.07) is 0. The molecular weight excluding hydrogens is 274 g/mol. The predicted octanol–water partition coefficient (Wildman–Crippen LogP) is 1.54. The molecule has 0 saturated carbocycles. The van der Waals surface area contributed by atoms with E-state index in [1.807, 2.05) is 6.92 Å². The van der Waals surface area contributed by atoms with Crippen molar-refractivity contribution in [2.75, 3.05) is 23.4 Å². The van der Waals surface area contributed by atoms with Crippen LogP contribution in [-0.4, -0.2) is 36.4 Å². The highest BCUT2D eigenvalue weighted by Gasteiger charge is 2.27. The highest BCUT2D eigenvalue weighted by atomic mass is 35.5. The van der Waals surface area contributed by atoms with Crippen molar-refractivity contribution in [1.82, 2.24) is 9.97 Å². The van der Waals surface area contributed by atoms with Gasteiger partial charge in [-0.05, 0) is 18.8 Å². The fraction of sp³-hybridized carbons (Fsp3) is 0.636. The Hall–Kier alpha value is -0.880. The molecule has 1 saturated heterocycles. The average molecular weight is 290 g/mol. The summed E-state index contributed by atoms with van der Waals surface area (Å²) in [5, 5.41) is 3.64. The van der Waals surface area contributed by atoms with Crippen LogP contribution < -0.4 is 5.32 Å². The molecule has 0 bridgehead atoms. The molecule has 1 atom stereocenters. The van der Waals surface area contributed by atoms with Gasteiger partial charge in [0.2, 0.25) is 0 Å². The van der Waals surface area contributed by atoms with Crippen LogP contribution in [0.1, 0.15) is 18.9 Å². The van der Waals surface area contributed by atoms with Crippen molar-refractivity contribution < 1.29 is 8.42 Å². The van der Waals surface area contributed by atoms with Crippen LogP contribution in [0.25, 0.3) is 0 Å². The molecule has 5 nitrogen and oxygen atoms in total. The lowest BCUT2D eigenvalue weighted by Gasteiger charge is -2.13. The van der Waals surface area contributed by atoms with Gasteiger partial charge in [-0.15, -0.1) is 0 Å². The predicted molar refractivity (Wildman–Crippen MR) is 71.7 cm³/mol. The third-order valence-electron chi connectivity index (χ3n) is 3.13. The van der Waals surface area contributed by atoms with E-state index < -0.39 is 9.84 Å². The van der Waals surface area contributed by atoms with Crippen molar-refractivity contribution >= 4 is 27.3 Å². The molecule has 1 unspecified atom stereocenters. The number of nitrogens with one attached hydrogen (secondary N) is 1. The number of rotatable bonds is 4. The van der Waals surface area contributed by atoms with Crippen LogP contribution in [0.2, 0.25) is 5.15 Å². The third-order valence-corrected chi connectivity index (χ3v) is 5.29. The van der Waals surface area contributed by atoms with Crippen molar-refractivity contribution in [3.8, 4) is 0 Å². The molecule has 1 aliphatic rings. The zero-order valence-corrected chi connectivity index (χ0v) is 11.8. The van der Waals surface area contributed by atoms with Crippen LogP contribution in [0.15, 0.2) is 6.33 Å². The van der Waals surface area contributed by atoms with Crippen LogP contribution in [0, 0.1) is 5.92 Å². The summed E-state index contributed by atoms with van der Waals surface area (Å²) in [6.07, 6.45) is 2.87. The summed E-state index contributed by atoms with van der Waals surface area (Å²) in [7, 11) is -2.82. The molecule has 0 amide bonds. The van der Waals surface area contributed by atoms with E-state index >= 15 is 0 Å². The van der Waals surface area contributed by atoms with E-state index in [-0.39, 0.29) is 11.7 Å². The Balaban J connectivity index is 2.01. The van der Waals surface area contributed by atoms with Gasteiger partial charge >= 0.3 is 0 Å². The van der Waals surface area contributed by atoms with Crippen molar-refractivity contribution in [3.63, 3.8) is 0 Å². The first-order valence-electron chi connectivity index (χ1n) is 5.95. The van der Waals surface area contributed by atoms with E-state index in [4.69, 9.17) is 11.6 Å². The summed E-state index contributed by atoms with van der Waals surface area (Å²) in [5.74, 6) is 1.43. The monoisotopic (exact) mass is 289 g/mol. The van der Waals surface area contributed by atoms with Crippen molar-refractivity contribution in [2.45, 2.75) is 19.8 Å². The molecule has 1 aromatic heterocycles. The molecule has 2 heterocycles. The second-order valence-corrected chi connectivity index (χ2v) is 7.08. The van der Waals surface area contributed by atoms with Gasteiger partial charge in [0, 0.05) is 12.1 Å². The topological polar surface area (TPSA) is 72.0 Å². The first-order chi connectivity index (χ1) is 8.52. The van der Waals surface area contributed by atoms with Crippen LogP contribution in [0.5, 0.6) is 0 Å². The van der Waals surface area contributed by atoms with Gasteiger partial charge < -0.3 is 5.32 Å². The molecule has 100 valence electrons. The Labute approximate surface area is 112 Å². The zero-order valence-electron chi connectivity index (χ0n) is 10.2. The minimum Gasteiger partial charge on any atom is -0.369 e. The molecule has 1 fully saturated rings. The summed E-state index contributed by atoms with van der Waals surface area (Å²) >= 11 is 5.98. The third kappa shape index (κ3) is 3.11. The summed E-state index contributed by atoms with van der Waals surface area (Å²) in [6.45, 7) is 2.59. The number of hydrogen-bond donors (Lipinski definition) is 1. The summed E-state index contributed by atoms with van der Waals surface area (Å²) in [4.78, 5) is 8.08. The SMILES string of the molecule is CCc1c(Cl)ncnc1NCC1CCS(=O)(=O)C1. The minimum absolute atomic E-state index is 0.161. The fourth-order valence-corrected chi connectivity index (χ4v) is 4.26. The molecule has 0 radical (unpaired) electrons. The molecule has 2 rings (SSSR count). The normalized spacial score (nSPS) is 22.0. The number of anilines is 1. The lowest BCUT2D eigenvalue weighted by atomic mass is 10.1. The Bertz CT molecular complexity index is 533. The second kappa shape index (κ2) is 5.40. The maximum atomic E-state index is 11.4. The van der Waals surface area contributed by atoms with Gasteiger partial charge in [-0.3, -0.25) is 0 Å². The van der Waals surface area contributed by atoms with Crippen molar-refractivity contribution in [3.05, 3.63) is 17.0 Å². The maximum Gasteiger partial charge on any atom is 0.150 e. The maximum absolute atomic E-state index is 11.4. The van der Waals surface area contributed by atoms with E-state index in [0.717, 1.165) is 18.4 Å². The molecule has 1 aromatic rings. The molecular formula is C11H16ClN3O2S. The largest absolute Gasteiger partial charge is 0.369 e. The molecule has 18 heavy (non-hydrogen) atoms. The number of aromatic nitrogens is 2. The molecule has 0 aromatic carbocycles.